The number of fused-ring (bicyclic) bond motifs is 1. The maximum Gasteiger partial charge on any atom is 0.123 e. The summed E-state index contributed by atoms with van der Waals surface area (Å²) in [6.45, 7) is 0. The molecule has 0 saturated carbocycles. The molecule has 2 atom stereocenters. The summed E-state index contributed by atoms with van der Waals surface area (Å²) in [5.41, 5.74) is 8.90. The maximum atomic E-state index is 13.0. The standard InChI is InChI=1S/C17H18FNOS/c1-20-13-5-8-15-11(10-13)2-9-16(17(15)19)21-14-6-3-12(18)4-7-14/h3-8,10,16-17H,2,9,19H2,1H3. The van der Waals surface area contributed by atoms with Crippen molar-refractivity contribution >= 4 is 11.8 Å². The number of hydrogen-bond donors (Lipinski definition) is 1. The van der Waals surface area contributed by atoms with Gasteiger partial charge in [0.1, 0.15) is 11.6 Å². The molecule has 1 aliphatic rings. The number of nitrogens with two attached hydrogens (primary N) is 1. The molecule has 2 unspecified atom stereocenters. The molecule has 0 radical (unpaired) electrons. The van der Waals surface area contributed by atoms with Crippen LogP contribution in [0.25, 0.3) is 0 Å². The van der Waals surface area contributed by atoms with Crippen LogP contribution in [0.4, 0.5) is 4.39 Å². The third-order valence-corrected chi connectivity index (χ3v) is 5.29. The molecule has 0 fully saturated rings. The van der Waals surface area contributed by atoms with E-state index in [0.717, 1.165) is 23.5 Å². The van der Waals surface area contributed by atoms with E-state index in [0.29, 0.717) is 5.25 Å². The Morgan fingerprint density at radius 1 is 1.19 bits per heavy atom. The molecule has 0 spiro atoms. The first-order chi connectivity index (χ1) is 10.2. The predicted octanol–water partition coefficient (Wildman–Crippen LogP) is 3.94. The minimum absolute atomic E-state index is 0.00490. The molecule has 2 N–H and O–H groups in total. The third-order valence-electron chi connectivity index (χ3n) is 3.91. The van der Waals surface area contributed by atoms with Gasteiger partial charge in [0.25, 0.3) is 0 Å². The van der Waals surface area contributed by atoms with Crippen LogP contribution in [0, 0.1) is 5.82 Å². The smallest absolute Gasteiger partial charge is 0.123 e. The number of ether oxygens (including phenoxy) is 1. The second-order valence-corrected chi connectivity index (χ2v) is 6.55. The summed E-state index contributed by atoms with van der Waals surface area (Å²) in [7, 11) is 1.68. The average molecular weight is 303 g/mol. The lowest BCUT2D eigenvalue weighted by Gasteiger charge is -2.30. The summed E-state index contributed by atoms with van der Waals surface area (Å²) in [6, 6.07) is 12.7. The zero-order chi connectivity index (χ0) is 14.8. The van der Waals surface area contributed by atoms with E-state index >= 15 is 0 Å². The highest BCUT2D eigenvalue weighted by atomic mass is 32.2. The molecule has 0 amide bonds. The average Bonchev–Trinajstić information content (AvgIpc) is 2.52. The zero-order valence-electron chi connectivity index (χ0n) is 11.9. The summed E-state index contributed by atoms with van der Waals surface area (Å²) in [5.74, 6) is 0.676. The van der Waals surface area contributed by atoms with Crippen molar-refractivity contribution in [1.29, 1.82) is 0 Å². The van der Waals surface area contributed by atoms with Gasteiger partial charge in [-0.3, -0.25) is 0 Å². The van der Waals surface area contributed by atoms with Crippen LogP contribution in [0.5, 0.6) is 5.75 Å². The normalized spacial score (nSPS) is 20.9. The molecule has 4 heteroatoms. The number of aryl methyl sites for hydroxylation is 1. The lowest BCUT2D eigenvalue weighted by Crippen LogP contribution is -2.29. The van der Waals surface area contributed by atoms with Gasteiger partial charge in [0.15, 0.2) is 0 Å². The first-order valence-electron chi connectivity index (χ1n) is 7.02. The number of rotatable bonds is 3. The SMILES string of the molecule is COc1ccc2c(c1)CCC(Sc1ccc(F)cc1)C2N. The van der Waals surface area contributed by atoms with Gasteiger partial charge in [-0.15, -0.1) is 11.8 Å². The number of methoxy groups -OCH3 is 1. The van der Waals surface area contributed by atoms with Gasteiger partial charge in [0, 0.05) is 16.2 Å². The Hall–Kier alpha value is -1.52. The van der Waals surface area contributed by atoms with E-state index in [1.807, 2.05) is 18.2 Å². The zero-order valence-corrected chi connectivity index (χ0v) is 12.7. The van der Waals surface area contributed by atoms with Gasteiger partial charge < -0.3 is 10.5 Å². The fourth-order valence-electron chi connectivity index (χ4n) is 2.75. The van der Waals surface area contributed by atoms with Crippen LogP contribution >= 0.6 is 11.8 Å². The fraction of sp³-hybridized carbons (Fsp3) is 0.294. The Morgan fingerprint density at radius 3 is 2.67 bits per heavy atom. The first-order valence-corrected chi connectivity index (χ1v) is 7.90. The van der Waals surface area contributed by atoms with Gasteiger partial charge in [-0.05, 0) is 60.4 Å². The van der Waals surface area contributed by atoms with E-state index in [2.05, 4.69) is 12.1 Å². The van der Waals surface area contributed by atoms with E-state index in [-0.39, 0.29) is 11.9 Å². The Labute approximate surface area is 128 Å². The minimum atomic E-state index is -0.204. The molecular weight excluding hydrogens is 285 g/mol. The van der Waals surface area contributed by atoms with Gasteiger partial charge in [-0.25, -0.2) is 4.39 Å². The van der Waals surface area contributed by atoms with Crippen LogP contribution in [-0.4, -0.2) is 12.4 Å². The second-order valence-electron chi connectivity index (χ2n) is 5.24. The number of hydrogen-bond acceptors (Lipinski definition) is 3. The molecule has 0 aliphatic heterocycles. The van der Waals surface area contributed by atoms with E-state index in [4.69, 9.17) is 10.5 Å². The number of halogens is 1. The molecule has 0 heterocycles. The monoisotopic (exact) mass is 303 g/mol. The fourth-order valence-corrected chi connectivity index (χ4v) is 3.92. The molecule has 2 aromatic carbocycles. The summed E-state index contributed by atoms with van der Waals surface area (Å²) < 4.78 is 18.2. The van der Waals surface area contributed by atoms with E-state index in [1.165, 1.54) is 23.3 Å². The molecule has 21 heavy (non-hydrogen) atoms. The largest absolute Gasteiger partial charge is 0.497 e. The van der Waals surface area contributed by atoms with Crippen molar-refractivity contribution in [3.05, 3.63) is 59.4 Å². The highest BCUT2D eigenvalue weighted by Gasteiger charge is 2.27. The molecule has 1 aliphatic carbocycles. The van der Waals surface area contributed by atoms with Gasteiger partial charge in [0.2, 0.25) is 0 Å². The highest BCUT2D eigenvalue weighted by Crippen LogP contribution is 2.39. The van der Waals surface area contributed by atoms with Crippen LogP contribution in [-0.2, 0) is 6.42 Å². The number of benzene rings is 2. The molecule has 2 aromatic rings. The van der Waals surface area contributed by atoms with E-state index in [1.54, 1.807) is 18.9 Å². The predicted molar refractivity (Wildman–Crippen MR) is 84.3 cm³/mol. The molecular formula is C17H18FNOS. The Morgan fingerprint density at radius 2 is 1.95 bits per heavy atom. The van der Waals surface area contributed by atoms with Crippen LogP contribution in [0.2, 0.25) is 0 Å². The first kappa shape index (κ1) is 14.4. The van der Waals surface area contributed by atoms with Gasteiger partial charge in [-0.2, -0.15) is 0 Å². The molecule has 3 rings (SSSR count). The second kappa shape index (κ2) is 6.08. The highest BCUT2D eigenvalue weighted by molar-refractivity contribution is 8.00. The number of thioether (sulfide) groups is 1. The molecule has 0 aromatic heterocycles. The topological polar surface area (TPSA) is 35.2 Å². The van der Waals surface area contributed by atoms with Crippen molar-refractivity contribution in [2.45, 2.75) is 29.0 Å². The summed E-state index contributed by atoms with van der Waals surface area (Å²) in [6.07, 6.45) is 2.02. The molecule has 110 valence electrons. The molecule has 0 saturated heterocycles. The van der Waals surface area contributed by atoms with Crippen molar-refractivity contribution in [2.24, 2.45) is 5.73 Å². The van der Waals surface area contributed by atoms with Crippen molar-refractivity contribution < 1.29 is 9.13 Å². The third kappa shape index (κ3) is 3.06. The lowest BCUT2D eigenvalue weighted by atomic mass is 9.87. The van der Waals surface area contributed by atoms with Crippen molar-refractivity contribution in [3.63, 3.8) is 0 Å². The molecule has 0 bridgehead atoms. The summed E-state index contributed by atoms with van der Waals surface area (Å²) in [4.78, 5) is 1.06. The maximum absolute atomic E-state index is 13.0. The van der Waals surface area contributed by atoms with Crippen molar-refractivity contribution in [1.82, 2.24) is 0 Å². The Bertz CT molecular complexity index is 629. The van der Waals surface area contributed by atoms with E-state index < -0.39 is 0 Å². The van der Waals surface area contributed by atoms with Crippen molar-refractivity contribution in [3.8, 4) is 5.75 Å². The Kier molecular flexibility index (Phi) is 4.17. The van der Waals surface area contributed by atoms with Gasteiger partial charge in [0.05, 0.1) is 7.11 Å². The minimum Gasteiger partial charge on any atom is -0.497 e. The molecule has 2 nitrogen and oxygen atoms in total. The Balaban J connectivity index is 1.78. The van der Waals surface area contributed by atoms with Crippen LogP contribution in [0.1, 0.15) is 23.6 Å². The summed E-state index contributed by atoms with van der Waals surface area (Å²) >= 11 is 1.73. The summed E-state index contributed by atoms with van der Waals surface area (Å²) in [5, 5.41) is 0.316. The van der Waals surface area contributed by atoms with Crippen LogP contribution in [0.15, 0.2) is 47.4 Å². The lowest BCUT2D eigenvalue weighted by molar-refractivity contribution is 0.413. The van der Waals surface area contributed by atoms with Gasteiger partial charge in [-0.1, -0.05) is 6.07 Å². The van der Waals surface area contributed by atoms with Gasteiger partial charge >= 0.3 is 0 Å². The van der Waals surface area contributed by atoms with Crippen LogP contribution in [0.3, 0.4) is 0 Å². The van der Waals surface area contributed by atoms with Crippen molar-refractivity contribution in [2.75, 3.05) is 7.11 Å². The van der Waals surface area contributed by atoms with E-state index in [9.17, 15) is 4.39 Å². The quantitative estimate of drug-likeness (QED) is 0.932. The van der Waals surface area contributed by atoms with Crippen LogP contribution < -0.4 is 10.5 Å².